The SMILES string of the molecule is CC/C=C\C/C=C\C/C=C\C/C=C\C/C=C\CCCCCCCCCCCCCC(=O)OCC(O)COP(=O)(O)OCC(O)COP(=O)(O)OCC(COC(=O)CCCCCCCCCCCCC/C=C\C/C=C\C/C=C\C/C=C\CCCCC)OC(=O)CCCCCCC/C=C\C/C=C\CCC. The number of esters is 3. The number of phosphoric ester groups is 2. The maximum absolute atomic E-state index is 13.0. The molecular formula is C85H146O16P2. The Balaban J connectivity index is 4.52. The Morgan fingerprint density at radius 1 is 0.282 bits per heavy atom. The Morgan fingerprint density at radius 3 is 0.854 bits per heavy atom. The lowest BCUT2D eigenvalue weighted by Gasteiger charge is -2.21. The van der Waals surface area contributed by atoms with Crippen LogP contribution < -0.4 is 0 Å². The lowest BCUT2D eigenvalue weighted by atomic mass is 10.0. The molecule has 0 aliphatic rings. The average molecular weight is 1490 g/mol. The predicted octanol–water partition coefficient (Wildman–Crippen LogP) is 23.9. The zero-order chi connectivity index (χ0) is 75.2. The van der Waals surface area contributed by atoms with Crippen LogP contribution in [-0.4, -0.2) is 95.9 Å². The number of phosphoric acid groups is 2. The van der Waals surface area contributed by atoms with Gasteiger partial charge in [-0.25, -0.2) is 9.13 Å². The van der Waals surface area contributed by atoms with E-state index in [0.29, 0.717) is 19.3 Å². The Hall–Kier alpha value is -4.31. The first-order chi connectivity index (χ1) is 50.2. The van der Waals surface area contributed by atoms with Crippen LogP contribution in [0.15, 0.2) is 134 Å². The van der Waals surface area contributed by atoms with Crippen LogP contribution in [0.5, 0.6) is 0 Å². The fourth-order valence-electron chi connectivity index (χ4n) is 10.7. The summed E-state index contributed by atoms with van der Waals surface area (Å²) in [7, 11) is -9.80. The van der Waals surface area contributed by atoms with E-state index in [1.807, 2.05) is 0 Å². The number of carbonyl (C=O) groups excluding carboxylic acids is 3. The molecule has 0 aromatic rings. The number of hydrogen-bond donors (Lipinski definition) is 4. The Bertz CT molecular complexity index is 2410. The Morgan fingerprint density at radius 2 is 0.534 bits per heavy atom. The highest BCUT2D eigenvalue weighted by Crippen LogP contribution is 2.45. The van der Waals surface area contributed by atoms with Gasteiger partial charge in [-0.3, -0.25) is 32.5 Å². The Labute approximate surface area is 626 Å². The van der Waals surface area contributed by atoms with Gasteiger partial charge in [-0.15, -0.1) is 0 Å². The largest absolute Gasteiger partial charge is 0.472 e. The maximum atomic E-state index is 13.0. The molecule has 0 radical (unpaired) electrons. The fraction of sp³-hybridized carbons (Fsp3) is 0.706. The van der Waals surface area contributed by atoms with Crippen molar-refractivity contribution in [2.75, 3.05) is 39.6 Å². The highest BCUT2D eigenvalue weighted by molar-refractivity contribution is 7.47. The van der Waals surface area contributed by atoms with Gasteiger partial charge in [0.15, 0.2) is 6.10 Å². The van der Waals surface area contributed by atoms with Crippen molar-refractivity contribution in [3.05, 3.63) is 134 Å². The van der Waals surface area contributed by atoms with Crippen LogP contribution in [0.4, 0.5) is 0 Å². The first kappa shape index (κ1) is 98.7. The number of aliphatic hydroxyl groups excluding tert-OH is 2. The van der Waals surface area contributed by atoms with E-state index in [2.05, 4.69) is 154 Å². The van der Waals surface area contributed by atoms with Gasteiger partial charge in [-0.05, 0) is 135 Å². The van der Waals surface area contributed by atoms with Gasteiger partial charge in [-0.1, -0.05) is 309 Å². The van der Waals surface area contributed by atoms with Crippen LogP contribution in [0.2, 0.25) is 0 Å². The first-order valence-corrected chi connectivity index (χ1v) is 43.5. The molecule has 0 aromatic heterocycles. The molecule has 0 fully saturated rings. The molecule has 0 rings (SSSR count). The molecule has 103 heavy (non-hydrogen) atoms. The topological polar surface area (TPSA) is 231 Å². The summed E-state index contributed by atoms with van der Waals surface area (Å²) in [6.07, 6.45) is 93.6. The summed E-state index contributed by atoms with van der Waals surface area (Å²) in [6.45, 7) is 2.47. The second kappa shape index (κ2) is 77.3. The minimum Gasteiger partial charge on any atom is -0.463 e. The van der Waals surface area contributed by atoms with E-state index in [9.17, 15) is 43.5 Å². The summed E-state index contributed by atoms with van der Waals surface area (Å²) in [5.74, 6) is -1.59. The van der Waals surface area contributed by atoms with Gasteiger partial charge < -0.3 is 34.2 Å². The molecule has 592 valence electrons. The van der Waals surface area contributed by atoms with Gasteiger partial charge in [0.25, 0.3) is 0 Å². The third-order valence-electron chi connectivity index (χ3n) is 16.8. The number of allylic oxidation sites excluding steroid dienone is 22. The number of unbranched alkanes of at least 4 members (excludes halogenated alkanes) is 31. The van der Waals surface area contributed by atoms with Gasteiger partial charge in [-0.2, -0.15) is 0 Å². The highest BCUT2D eigenvalue weighted by Gasteiger charge is 2.29. The average Bonchev–Trinajstić information content (AvgIpc) is 0.924. The molecule has 0 amide bonds. The predicted molar refractivity (Wildman–Crippen MR) is 426 cm³/mol. The standard InChI is InChI=1S/C85H146O16P2/c1-4-7-10-13-16-19-22-25-27-29-31-33-35-37-39-41-43-45-47-49-51-54-56-59-62-65-68-71-83(88)95-74-80(86)75-97-102(91,92)98-76-81(87)77-99-103(93,94)100-79-82(101-85(90)73-70-67-64-61-58-53-24-21-18-15-12-9-6-3)78-96-84(89)72-69-66-63-60-57-55-52-50-48-46-44-42-40-38-36-34-32-30-28-26-23-20-17-14-11-8-5-2/h7,10,12,15-17,19-21,24-28,31-34,37-40,80-82,86-87H,4-6,8-9,11,13-14,18,22-23,29-30,35-36,41-79H2,1-3H3,(H,91,92)(H,93,94)/b10-7-,15-12-,19-16-,20-17-,24-21-,27-25-,28-26-,33-31-,34-32-,39-37-,40-38-. The smallest absolute Gasteiger partial charge is 0.463 e. The van der Waals surface area contributed by atoms with Crippen LogP contribution in [0.25, 0.3) is 0 Å². The third-order valence-corrected chi connectivity index (χ3v) is 18.7. The number of carbonyl (C=O) groups is 3. The van der Waals surface area contributed by atoms with Gasteiger partial charge in [0.1, 0.15) is 25.4 Å². The van der Waals surface area contributed by atoms with Crippen molar-refractivity contribution in [1.82, 2.24) is 0 Å². The number of ether oxygens (including phenoxy) is 3. The maximum Gasteiger partial charge on any atom is 0.472 e. The number of rotatable bonds is 76. The van der Waals surface area contributed by atoms with Crippen LogP contribution in [-0.2, 0) is 55.8 Å². The van der Waals surface area contributed by atoms with Crippen molar-refractivity contribution in [2.45, 2.75) is 347 Å². The molecule has 0 aliphatic carbocycles. The fourth-order valence-corrected chi connectivity index (χ4v) is 12.3. The highest BCUT2D eigenvalue weighted by atomic mass is 31.2. The lowest BCUT2D eigenvalue weighted by molar-refractivity contribution is -0.161. The summed E-state index contributed by atoms with van der Waals surface area (Å²) >= 11 is 0. The summed E-state index contributed by atoms with van der Waals surface area (Å²) in [5, 5.41) is 20.6. The van der Waals surface area contributed by atoms with Crippen molar-refractivity contribution >= 4 is 33.6 Å². The third kappa shape index (κ3) is 78.6. The minimum atomic E-state index is -4.94. The van der Waals surface area contributed by atoms with E-state index in [4.69, 9.17) is 32.3 Å². The zero-order valence-electron chi connectivity index (χ0n) is 64.7. The van der Waals surface area contributed by atoms with Crippen LogP contribution in [0.1, 0.15) is 329 Å². The second-order valence-electron chi connectivity index (χ2n) is 26.8. The van der Waals surface area contributed by atoms with E-state index in [1.54, 1.807) is 0 Å². The van der Waals surface area contributed by atoms with Gasteiger partial charge in [0.05, 0.1) is 26.4 Å². The summed E-state index contributed by atoms with van der Waals surface area (Å²) < 4.78 is 61.1. The van der Waals surface area contributed by atoms with E-state index < -0.39 is 91.5 Å². The molecule has 0 heterocycles. The van der Waals surface area contributed by atoms with Crippen molar-refractivity contribution in [3.63, 3.8) is 0 Å². The van der Waals surface area contributed by atoms with Gasteiger partial charge in [0.2, 0.25) is 0 Å². The van der Waals surface area contributed by atoms with Crippen molar-refractivity contribution < 1.29 is 75.8 Å². The molecule has 4 N–H and O–H groups in total. The molecule has 0 spiro atoms. The molecule has 0 bridgehead atoms. The van der Waals surface area contributed by atoms with E-state index in [1.165, 1.54) is 109 Å². The molecule has 5 atom stereocenters. The summed E-state index contributed by atoms with van der Waals surface area (Å²) in [5.41, 5.74) is 0. The molecule has 18 heteroatoms. The van der Waals surface area contributed by atoms with E-state index >= 15 is 0 Å². The van der Waals surface area contributed by atoms with Crippen LogP contribution in [0, 0.1) is 0 Å². The number of hydrogen-bond acceptors (Lipinski definition) is 14. The van der Waals surface area contributed by atoms with Crippen LogP contribution >= 0.6 is 15.6 Å². The number of aliphatic hydroxyl groups is 2. The van der Waals surface area contributed by atoms with E-state index in [-0.39, 0.29) is 19.3 Å². The van der Waals surface area contributed by atoms with Crippen molar-refractivity contribution in [2.24, 2.45) is 0 Å². The monoisotopic (exact) mass is 1490 g/mol. The normalized spacial score (nSPS) is 14.7. The van der Waals surface area contributed by atoms with Crippen molar-refractivity contribution in [1.29, 1.82) is 0 Å². The summed E-state index contributed by atoms with van der Waals surface area (Å²) in [6, 6.07) is 0. The van der Waals surface area contributed by atoms with E-state index in [0.717, 1.165) is 161 Å². The molecule has 0 aromatic carbocycles. The molecule has 5 unspecified atom stereocenters. The van der Waals surface area contributed by atoms with Gasteiger partial charge >= 0.3 is 33.6 Å². The molecular weight excluding hydrogens is 1340 g/mol. The molecule has 0 saturated carbocycles. The van der Waals surface area contributed by atoms with Crippen LogP contribution in [0.3, 0.4) is 0 Å². The minimum absolute atomic E-state index is 0.0858. The molecule has 16 nitrogen and oxygen atoms in total. The quantitative estimate of drug-likeness (QED) is 0.0146. The molecule has 0 saturated heterocycles. The zero-order valence-corrected chi connectivity index (χ0v) is 66.5. The van der Waals surface area contributed by atoms with Crippen molar-refractivity contribution in [3.8, 4) is 0 Å². The Kier molecular flexibility index (Phi) is 74.1. The van der Waals surface area contributed by atoms with Gasteiger partial charge in [0, 0.05) is 19.3 Å². The summed E-state index contributed by atoms with van der Waals surface area (Å²) in [4.78, 5) is 58.7. The molecule has 0 aliphatic heterocycles. The lowest BCUT2D eigenvalue weighted by Crippen LogP contribution is -2.30. The first-order valence-electron chi connectivity index (χ1n) is 40.5. The second-order valence-corrected chi connectivity index (χ2v) is 29.7.